The highest BCUT2D eigenvalue weighted by Gasteiger charge is 2.44. The number of amides is 2. The van der Waals surface area contributed by atoms with Gasteiger partial charge in [-0.1, -0.05) is 17.7 Å². The standard InChI is InChI=1S/C16H19F3N4O/c1-9-5-7-12(8-6-9)20-15(24)21-14(16(17,18)19)13-10(2)22-23(4)11(13)3/h5-8,14H,1-4H3,(H2,20,21,24). The number of aromatic nitrogens is 2. The summed E-state index contributed by atoms with van der Waals surface area (Å²) in [4.78, 5) is 12.0. The monoisotopic (exact) mass is 340 g/mol. The third-order valence-corrected chi connectivity index (χ3v) is 3.77. The smallest absolute Gasteiger partial charge is 0.322 e. The SMILES string of the molecule is Cc1ccc(NC(=O)NC(c2c(C)nn(C)c2C)C(F)(F)F)cc1. The first-order valence-electron chi connectivity index (χ1n) is 7.30. The molecule has 1 heterocycles. The van der Waals surface area contributed by atoms with Crippen LogP contribution in [0.25, 0.3) is 0 Å². The maximum atomic E-state index is 13.4. The van der Waals surface area contributed by atoms with E-state index in [1.165, 1.54) is 18.5 Å². The summed E-state index contributed by atoms with van der Waals surface area (Å²) < 4.78 is 41.7. The number of nitrogens with one attached hydrogen (secondary N) is 2. The Bertz CT molecular complexity index is 735. The second kappa shape index (κ2) is 6.54. The van der Waals surface area contributed by atoms with Gasteiger partial charge in [-0.05, 0) is 32.9 Å². The highest BCUT2D eigenvalue weighted by Crippen LogP contribution is 2.35. The molecule has 2 N–H and O–H groups in total. The van der Waals surface area contributed by atoms with Crippen LogP contribution < -0.4 is 10.6 Å². The van der Waals surface area contributed by atoms with Gasteiger partial charge in [-0.2, -0.15) is 18.3 Å². The molecule has 0 fully saturated rings. The van der Waals surface area contributed by atoms with Gasteiger partial charge in [0.1, 0.15) is 0 Å². The molecule has 24 heavy (non-hydrogen) atoms. The number of urea groups is 1. The lowest BCUT2D eigenvalue weighted by Crippen LogP contribution is -2.41. The van der Waals surface area contributed by atoms with Gasteiger partial charge >= 0.3 is 12.2 Å². The molecule has 0 radical (unpaired) electrons. The number of anilines is 1. The van der Waals surface area contributed by atoms with E-state index in [1.807, 2.05) is 12.2 Å². The fourth-order valence-electron chi connectivity index (χ4n) is 2.46. The van der Waals surface area contributed by atoms with Gasteiger partial charge in [0.05, 0.1) is 5.69 Å². The first-order chi connectivity index (χ1) is 11.1. The molecule has 1 aromatic carbocycles. The highest BCUT2D eigenvalue weighted by atomic mass is 19.4. The van der Waals surface area contributed by atoms with E-state index >= 15 is 0 Å². The largest absolute Gasteiger partial charge is 0.413 e. The molecule has 2 amide bonds. The summed E-state index contributed by atoms with van der Waals surface area (Å²) >= 11 is 0. The van der Waals surface area contributed by atoms with E-state index in [-0.39, 0.29) is 11.3 Å². The summed E-state index contributed by atoms with van der Waals surface area (Å²) in [6.07, 6.45) is -4.64. The number of benzene rings is 1. The normalized spacial score (nSPS) is 12.8. The average Bonchev–Trinajstić information content (AvgIpc) is 2.71. The van der Waals surface area contributed by atoms with Gasteiger partial charge < -0.3 is 10.6 Å². The predicted molar refractivity (Wildman–Crippen MR) is 84.8 cm³/mol. The molecular weight excluding hydrogens is 321 g/mol. The number of carbonyl (C=O) groups is 1. The van der Waals surface area contributed by atoms with Crippen LogP contribution in [0.2, 0.25) is 0 Å². The van der Waals surface area contributed by atoms with Crippen LogP contribution in [0.3, 0.4) is 0 Å². The molecule has 1 unspecified atom stereocenters. The molecule has 1 atom stereocenters. The summed E-state index contributed by atoms with van der Waals surface area (Å²) in [6, 6.07) is 3.70. The van der Waals surface area contributed by atoms with Gasteiger partial charge in [-0.15, -0.1) is 0 Å². The Labute approximate surface area is 137 Å². The van der Waals surface area contributed by atoms with Crippen LogP contribution in [-0.4, -0.2) is 22.0 Å². The third-order valence-electron chi connectivity index (χ3n) is 3.77. The van der Waals surface area contributed by atoms with Crippen molar-refractivity contribution in [2.24, 2.45) is 7.05 Å². The Morgan fingerprint density at radius 2 is 1.75 bits per heavy atom. The maximum Gasteiger partial charge on any atom is 0.413 e. The lowest BCUT2D eigenvalue weighted by Gasteiger charge is -2.22. The molecular formula is C16H19F3N4O. The number of carbonyl (C=O) groups excluding carboxylic acids is 1. The Kier molecular flexibility index (Phi) is 4.86. The van der Waals surface area contributed by atoms with Gasteiger partial charge in [0.15, 0.2) is 6.04 Å². The van der Waals surface area contributed by atoms with Crippen molar-refractivity contribution in [3.63, 3.8) is 0 Å². The van der Waals surface area contributed by atoms with Gasteiger partial charge in [0.2, 0.25) is 0 Å². The van der Waals surface area contributed by atoms with Crippen LogP contribution in [0.5, 0.6) is 0 Å². The van der Waals surface area contributed by atoms with E-state index in [9.17, 15) is 18.0 Å². The van der Waals surface area contributed by atoms with Crippen LogP contribution in [0.1, 0.15) is 28.6 Å². The summed E-state index contributed by atoms with van der Waals surface area (Å²) in [7, 11) is 1.56. The van der Waals surface area contributed by atoms with Gasteiger partial charge in [0, 0.05) is 24.0 Å². The Balaban J connectivity index is 2.23. The van der Waals surface area contributed by atoms with E-state index in [0.29, 0.717) is 11.4 Å². The third kappa shape index (κ3) is 3.87. The van der Waals surface area contributed by atoms with Crippen molar-refractivity contribution in [1.82, 2.24) is 15.1 Å². The number of hydrogen-bond acceptors (Lipinski definition) is 2. The van der Waals surface area contributed by atoms with E-state index in [1.54, 1.807) is 31.3 Å². The molecule has 0 aliphatic rings. The molecule has 0 bridgehead atoms. The second-order valence-electron chi connectivity index (χ2n) is 5.65. The summed E-state index contributed by atoms with van der Waals surface area (Å²) in [5.74, 6) is 0. The van der Waals surface area contributed by atoms with Gasteiger partial charge in [-0.3, -0.25) is 4.68 Å². The fourth-order valence-corrected chi connectivity index (χ4v) is 2.46. The number of alkyl halides is 3. The first-order valence-corrected chi connectivity index (χ1v) is 7.30. The zero-order valence-corrected chi connectivity index (χ0v) is 13.8. The molecule has 5 nitrogen and oxygen atoms in total. The molecule has 2 rings (SSSR count). The van der Waals surface area contributed by atoms with Crippen molar-refractivity contribution >= 4 is 11.7 Å². The van der Waals surface area contributed by atoms with Crippen LogP contribution in [0, 0.1) is 20.8 Å². The van der Waals surface area contributed by atoms with E-state index in [0.717, 1.165) is 5.56 Å². The number of aryl methyl sites for hydroxylation is 3. The van der Waals surface area contributed by atoms with Crippen LogP contribution in [0.4, 0.5) is 23.7 Å². The topological polar surface area (TPSA) is 59.0 Å². The van der Waals surface area contributed by atoms with Gasteiger partial charge in [-0.25, -0.2) is 4.79 Å². The number of nitrogens with zero attached hydrogens (tertiary/aromatic N) is 2. The zero-order chi connectivity index (χ0) is 18.1. The average molecular weight is 340 g/mol. The molecule has 2 aromatic rings. The van der Waals surface area contributed by atoms with Crippen LogP contribution in [-0.2, 0) is 7.05 Å². The maximum absolute atomic E-state index is 13.4. The predicted octanol–water partition coefficient (Wildman–Crippen LogP) is 3.77. The van der Waals surface area contributed by atoms with Crippen LogP contribution >= 0.6 is 0 Å². The number of rotatable bonds is 3. The number of hydrogen-bond donors (Lipinski definition) is 2. The molecule has 0 aliphatic carbocycles. The second-order valence-corrected chi connectivity index (χ2v) is 5.65. The summed E-state index contributed by atoms with van der Waals surface area (Å²) in [6.45, 7) is 4.89. The molecule has 1 aromatic heterocycles. The zero-order valence-electron chi connectivity index (χ0n) is 13.8. The van der Waals surface area contributed by atoms with Crippen molar-refractivity contribution in [3.05, 3.63) is 46.8 Å². The van der Waals surface area contributed by atoms with E-state index in [2.05, 4.69) is 10.4 Å². The Morgan fingerprint density at radius 3 is 2.21 bits per heavy atom. The Morgan fingerprint density at radius 1 is 1.17 bits per heavy atom. The quantitative estimate of drug-likeness (QED) is 0.893. The minimum Gasteiger partial charge on any atom is -0.322 e. The minimum atomic E-state index is -4.64. The fraction of sp³-hybridized carbons (Fsp3) is 0.375. The van der Waals surface area contributed by atoms with E-state index in [4.69, 9.17) is 0 Å². The number of halogens is 3. The first kappa shape index (κ1) is 17.8. The van der Waals surface area contributed by atoms with Crippen molar-refractivity contribution < 1.29 is 18.0 Å². The molecule has 0 saturated carbocycles. The Hall–Kier alpha value is -2.51. The van der Waals surface area contributed by atoms with Crippen molar-refractivity contribution in [2.45, 2.75) is 33.0 Å². The van der Waals surface area contributed by atoms with Crippen molar-refractivity contribution in [1.29, 1.82) is 0 Å². The summed E-state index contributed by atoms with van der Waals surface area (Å²) in [5, 5.41) is 8.40. The molecule has 0 spiro atoms. The van der Waals surface area contributed by atoms with Gasteiger partial charge in [0.25, 0.3) is 0 Å². The van der Waals surface area contributed by atoms with Crippen molar-refractivity contribution in [3.8, 4) is 0 Å². The minimum absolute atomic E-state index is 0.0379. The van der Waals surface area contributed by atoms with Crippen LogP contribution in [0.15, 0.2) is 24.3 Å². The lowest BCUT2D eigenvalue weighted by molar-refractivity contribution is -0.155. The van der Waals surface area contributed by atoms with Crippen molar-refractivity contribution in [2.75, 3.05) is 5.32 Å². The lowest BCUT2D eigenvalue weighted by atomic mass is 10.0. The molecule has 0 saturated heterocycles. The molecule has 8 heteroatoms. The highest BCUT2D eigenvalue weighted by molar-refractivity contribution is 5.89. The summed E-state index contributed by atoms with van der Waals surface area (Å²) in [5.41, 5.74) is 1.94. The van der Waals surface area contributed by atoms with E-state index < -0.39 is 18.2 Å². The molecule has 130 valence electrons. The molecule has 0 aliphatic heterocycles.